The molecule has 1 aromatic rings. The molecule has 0 saturated heterocycles. The van der Waals surface area contributed by atoms with E-state index in [9.17, 15) is 4.79 Å². The van der Waals surface area contributed by atoms with Gasteiger partial charge in [-0.1, -0.05) is 19.3 Å². The summed E-state index contributed by atoms with van der Waals surface area (Å²) in [6, 6.07) is 0.349. The van der Waals surface area contributed by atoms with Crippen LogP contribution in [0.3, 0.4) is 0 Å². The molecule has 1 aromatic heterocycles. The van der Waals surface area contributed by atoms with Crippen molar-refractivity contribution in [2.75, 3.05) is 5.73 Å². The highest BCUT2D eigenvalue weighted by molar-refractivity contribution is 7.08. The van der Waals surface area contributed by atoms with Crippen LogP contribution in [0.2, 0.25) is 0 Å². The van der Waals surface area contributed by atoms with E-state index in [4.69, 9.17) is 5.73 Å². The van der Waals surface area contributed by atoms with Gasteiger partial charge in [-0.15, -0.1) is 0 Å². The van der Waals surface area contributed by atoms with E-state index in [0.29, 0.717) is 17.8 Å². The largest absolute Gasteiger partial charge is 0.383 e. The zero-order valence-corrected chi connectivity index (χ0v) is 11.3. The number of anilines is 1. The lowest BCUT2D eigenvalue weighted by Crippen LogP contribution is -2.36. The van der Waals surface area contributed by atoms with Crippen molar-refractivity contribution in [3.63, 3.8) is 0 Å². The average Bonchev–Trinajstić information content (AvgIpc) is 3.13. The van der Waals surface area contributed by atoms with Crippen LogP contribution in [0.25, 0.3) is 0 Å². The quantitative estimate of drug-likeness (QED) is 0.883. The van der Waals surface area contributed by atoms with Gasteiger partial charge in [-0.05, 0) is 43.1 Å². The van der Waals surface area contributed by atoms with Gasteiger partial charge in [-0.3, -0.25) is 4.79 Å². The molecule has 3 rings (SSSR count). The van der Waals surface area contributed by atoms with Crippen LogP contribution < -0.4 is 11.1 Å². The monoisotopic (exact) mass is 265 g/mol. The molecule has 1 amide bonds. The number of nitrogens with zero attached hydrogens (tertiary/aromatic N) is 1. The third-order valence-corrected chi connectivity index (χ3v) is 4.76. The summed E-state index contributed by atoms with van der Waals surface area (Å²) in [5.41, 5.74) is 6.88. The average molecular weight is 265 g/mol. The number of nitrogen functional groups attached to an aromatic ring is 1. The molecule has 2 aliphatic carbocycles. The molecule has 2 fully saturated rings. The Morgan fingerprint density at radius 2 is 1.94 bits per heavy atom. The summed E-state index contributed by atoms with van der Waals surface area (Å²) < 4.78 is 4.15. The summed E-state index contributed by atoms with van der Waals surface area (Å²) >= 11 is 1.25. The Morgan fingerprint density at radius 3 is 2.61 bits per heavy atom. The Morgan fingerprint density at radius 1 is 1.22 bits per heavy atom. The molecule has 0 aliphatic heterocycles. The van der Waals surface area contributed by atoms with Gasteiger partial charge in [0.1, 0.15) is 10.7 Å². The maximum Gasteiger partial charge on any atom is 0.263 e. The number of carbonyl (C=O) groups excluding carboxylic acids is 1. The summed E-state index contributed by atoms with van der Waals surface area (Å²) in [5.74, 6) is 1.09. The number of nitrogens with one attached hydrogen (secondary N) is 1. The first kappa shape index (κ1) is 12.0. The van der Waals surface area contributed by atoms with Gasteiger partial charge in [0.25, 0.3) is 5.91 Å². The number of amides is 1. The molecule has 0 unspecified atom stereocenters. The summed E-state index contributed by atoms with van der Waals surface area (Å²) in [6.07, 6.45) is 8.26. The Hall–Kier alpha value is -1.10. The smallest absolute Gasteiger partial charge is 0.263 e. The zero-order valence-electron chi connectivity index (χ0n) is 10.4. The Bertz CT molecular complexity index is 447. The van der Waals surface area contributed by atoms with Crippen LogP contribution in [-0.4, -0.2) is 16.3 Å². The van der Waals surface area contributed by atoms with Crippen molar-refractivity contribution >= 4 is 23.3 Å². The molecule has 0 radical (unpaired) electrons. The number of rotatable bonds is 3. The lowest BCUT2D eigenvalue weighted by Gasteiger charge is -2.22. The fourth-order valence-electron chi connectivity index (χ4n) is 2.74. The number of hydrogen-bond acceptors (Lipinski definition) is 4. The molecule has 2 saturated carbocycles. The molecule has 18 heavy (non-hydrogen) atoms. The van der Waals surface area contributed by atoms with E-state index in [1.54, 1.807) is 0 Å². The lowest BCUT2D eigenvalue weighted by molar-refractivity contribution is 0.0931. The van der Waals surface area contributed by atoms with E-state index in [2.05, 4.69) is 9.69 Å². The van der Waals surface area contributed by atoms with Crippen LogP contribution in [0.1, 0.15) is 66.1 Å². The lowest BCUT2D eigenvalue weighted by atomic mass is 9.95. The van der Waals surface area contributed by atoms with Crippen LogP contribution >= 0.6 is 11.5 Å². The molecule has 5 heteroatoms. The molecule has 3 N–H and O–H groups in total. The number of hydrogen-bond donors (Lipinski definition) is 2. The van der Waals surface area contributed by atoms with Crippen LogP contribution in [0.15, 0.2) is 0 Å². The highest BCUT2D eigenvalue weighted by Crippen LogP contribution is 2.45. The van der Waals surface area contributed by atoms with E-state index in [1.165, 1.54) is 30.8 Å². The van der Waals surface area contributed by atoms with Crippen molar-refractivity contribution in [2.24, 2.45) is 0 Å². The van der Waals surface area contributed by atoms with E-state index in [-0.39, 0.29) is 5.91 Å². The number of nitrogens with two attached hydrogens (primary N) is 1. The maximum absolute atomic E-state index is 12.3. The van der Waals surface area contributed by atoms with Crippen molar-refractivity contribution in [3.8, 4) is 0 Å². The van der Waals surface area contributed by atoms with Crippen LogP contribution in [-0.2, 0) is 0 Å². The van der Waals surface area contributed by atoms with Gasteiger partial charge < -0.3 is 11.1 Å². The van der Waals surface area contributed by atoms with Gasteiger partial charge >= 0.3 is 0 Å². The minimum Gasteiger partial charge on any atom is -0.383 e. The number of carbonyl (C=O) groups is 1. The van der Waals surface area contributed by atoms with Crippen molar-refractivity contribution in [2.45, 2.75) is 56.9 Å². The highest BCUT2D eigenvalue weighted by Gasteiger charge is 2.33. The topological polar surface area (TPSA) is 68.0 Å². The van der Waals surface area contributed by atoms with Crippen LogP contribution in [0.4, 0.5) is 5.82 Å². The Kier molecular flexibility index (Phi) is 3.24. The molecule has 0 atom stereocenters. The van der Waals surface area contributed by atoms with Crippen LogP contribution in [0, 0.1) is 0 Å². The first-order chi connectivity index (χ1) is 8.75. The van der Waals surface area contributed by atoms with Gasteiger partial charge in [0.15, 0.2) is 0 Å². The molecular formula is C13H19N3OS. The van der Waals surface area contributed by atoms with Gasteiger partial charge in [0, 0.05) is 11.6 Å². The van der Waals surface area contributed by atoms with Gasteiger partial charge in [-0.2, -0.15) is 4.37 Å². The van der Waals surface area contributed by atoms with Crippen molar-refractivity contribution in [1.82, 2.24) is 9.69 Å². The molecule has 2 aliphatic rings. The molecule has 0 spiro atoms. The maximum atomic E-state index is 12.3. The number of aromatic nitrogens is 1. The molecule has 0 aromatic carbocycles. The van der Waals surface area contributed by atoms with Gasteiger partial charge in [0.05, 0.1) is 0 Å². The van der Waals surface area contributed by atoms with E-state index in [0.717, 1.165) is 36.1 Å². The van der Waals surface area contributed by atoms with Crippen molar-refractivity contribution < 1.29 is 4.79 Å². The van der Waals surface area contributed by atoms with Gasteiger partial charge in [-0.25, -0.2) is 0 Å². The fourth-order valence-corrected chi connectivity index (χ4v) is 3.54. The first-order valence-corrected chi connectivity index (χ1v) is 7.59. The SMILES string of the molecule is Nc1nsc(C(=O)NC2CCCCC2)c1C1CC1. The van der Waals surface area contributed by atoms with E-state index in [1.807, 2.05) is 0 Å². The Labute approximate surface area is 111 Å². The summed E-state index contributed by atoms with van der Waals surface area (Å²) in [4.78, 5) is 13.0. The third-order valence-electron chi connectivity index (χ3n) is 3.89. The van der Waals surface area contributed by atoms with Crippen LogP contribution in [0.5, 0.6) is 0 Å². The molecular weight excluding hydrogens is 246 g/mol. The van der Waals surface area contributed by atoms with E-state index >= 15 is 0 Å². The zero-order chi connectivity index (χ0) is 12.5. The standard InChI is InChI=1S/C13H19N3OS/c14-12-10(8-6-7-8)11(18-16-12)13(17)15-9-4-2-1-3-5-9/h8-9H,1-7H2,(H2,14,16)(H,15,17). The van der Waals surface area contributed by atoms with E-state index < -0.39 is 0 Å². The van der Waals surface area contributed by atoms with Crippen molar-refractivity contribution in [1.29, 1.82) is 0 Å². The summed E-state index contributed by atoms with van der Waals surface area (Å²) in [7, 11) is 0. The summed E-state index contributed by atoms with van der Waals surface area (Å²) in [5, 5.41) is 3.15. The molecule has 0 bridgehead atoms. The second-order valence-corrected chi connectivity index (χ2v) is 6.17. The second kappa shape index (κ2) is 4.88. The summed E-state index contributed by atoms with van der Waals surface area (Å²) in [6.45, 7) is 0. The molecule has 1 heterocycles. The second-order valence-electron chi connectivity index (χ2n) is 5.39. The fraction of sp³-hybridized carbons (Fsp3) is 0.692. The first-order valence-electron chi connectivity index (χ1n) is 6.81. The minimum absolute atomic E-state index is 0.0398. The van der Waals surface area contributed by atoms with Gasteiger partial charge in [0.2, 0.25) is 0 Å². The van der Waals surface area contributed by atoms with Crippen molar-refractivity contribution in [3.05, 3.63) is 10.4 Å². The molecule has 98 valence electrons. The predicted octanol–water partition coefficient (Wildman–Crippen LogP) is 2.67. The normalized spacial score (nSPS) is 20.9. The Balaban J connectivity index is 1.71. The third kappa shape index (κ3) is 2.36. The minimum atomic E-state index is 0.0398. The highest BCUT2D eigenvalue weighted by atomic mass is 32.1. The predicted molar refractivity (Wildman–Crippen MR) is 72.8 cm³/mol. The molecule has 4 nitrogen and oxygen atoms in total.